The first kappa shape index (κ1) is 15.7. The van der Waals surface area contributed by atoms with E-state index in [9.17, 15) is 4.79 Å². The van der Waals surface area contributed by atoms with Gasteiger partial charge in [-0.05, 0) is 19.8 Å². The standard InChI is InChI=1S/C15H24N4O2S/c1-12-11-22-14(17-12)9-16-15(20)19-6-4-18(5-7-19)10-13-3-2-8-21-13/h11,13H,2-10H2,1H3,(H,16,20). The number of aromatic nitrogens is 1. The lowest BCUT2D eigenvalue weighted by molar-refractivity contribution is 0.0561. The Hall–Kier alpha value is -1.18. The number of carbonyl (C=O) groups excluding carboxylic acids is 1. The fourth-order valence-electron chi connectivity index (χ4n) is 2.96. The highest BCUT2D eigenvalue weighted by atomic mass is 32.1. The van der Waals surface area contributed by atoms with Crippen LogP contribution in [0.3, 0.4) is 0 Å². The summed E-state index contributed by atoms with van der Waals surface area (Å²) in [6.45, 7) is 7.85. The predicted octanol–water partition coefficient (Wildman–Crippen LogP) is 1.46. The van der Waals surface area contributed by atoms with Gasteiger partial charge in [0.15, 0.2) is 0 Å². The molecule has 0 spiro atoms. The number of hydrogen-bond donors (Lipinski definition) is 1. The van der Waals surface area contributed by atoms with E-state index in [1.165, 1.54) is 12.8 Å². The van der Waals surface area contributed by atoms with Crippen molar-refractivity contribution in [3.05, 3.63) is 16.1 Å². The molecule has 6 nitrogen and oxygen atoms in total. The summed E-state index contributed by atoms with van der Waals surface area (Å²) < 4.78 is 5.68. The van der Waals surface area contributed by atoms with Gasteiger partial charge in [-0.3, -0.25) is 4.90 Å². The molecule has 22 heavy (non-hydrogen) atoms. The number of carbonyl (C=O) groups is 1. The molecule has 0 aliphatic carbocycles. The molecule has 1 unspecified atom stereocenters. The van der Waals surface area contributed by atoms with Crippen molar-refractivity contribution in [3.8, 4) is 0 Å². The van der Waals surface area contributed by atoms with E-state index < -0.39 is 0 Å². The number of nitrogens with zero attached hydrogens (tertiary/aromatic N) is 3. The third-order valence-electron chi connectivity index (χ3n) is 4.20. The summed E-state index contributed by atoms with van der Waals surface area (Å²) in [7, 11) is 0. The van der Waals surface area contributed by atoms with Crippen molar-refractivity contribution in [2.45, 2.75) is 32.4 Å². The van der Waals surface area contributed by atoms with Crippen LogP contribution in [0.25, 0.3) is 0 Å². The molecule has 1 atom stereocenters. The number of nitrogens with one attached hydrogen (secondary N) is 1. The first-order chi connectivity index (χ1) is 10.7. The van der Waals surface area contributed by atoms with Crippen LogP contribution in [0.1, 0.15) is 23.5 Å². The molecule has 0 radical (unpaired) electrons. The fraction of sp³-hybridized carbons (Fsp3) is 0.733. The van der Waals surface area contributed by atoms with Crippen LogP contribution in [0.15, 0.2) is 5.38 Å². The number of ether oxygens (including phenoxy) is 1. The Balaban J connectivity index is 1.37. The van der Waals surface area contributed by atoms with E-state index in [4.69, 9.17) is 4.74 Å². The van der Waals surface area contributed by atoms with Crippen LogP contribution in [0.5, 0.6) is 0 Å². The minimum absolute atomic E-state index is 0.0182. The molecule has 1 aromatic rings. The van der Waals surface area contributed by atoms with Crippen LogP contribution in [-0.4, -0.2) is 66.2 Å². The summed E-state index contributed by atoms with van der Waals surface area (Å²) in [6.07, 6.45) is 2.76. The second kappa shape index (κ2) is 7.39. The quantitative estimate of drug-likeness (QED) is 0.911. The highest BCUT2D eigenvalue weighted by Gasteiger charge is 2.24. The summed E-state index contributed by atoms with van der Waals surface area (Å²) >= 11 is 1.59. The minimum Gasteiger partial charge on any atom is -0.377 e. The van der Waals surface area contributed by atoms with Gasteiger partial charge in [0.2, 0.25) is 0 Å². The maximum absolute atomic E-state index is 12.2. The molecule has 2 aliphatic heterocycles. The molecular formula is C15H24N4O2S. The van der Waals surface area contributed by atoms with E-state index in [-0.39, 0.29) is 6.03 Å². The fourth-order valence-corrected chi connectivity index (χ4v) is 3.67. The van der Waals surface area contributed by atoms with Crippen LogP contribution in [0.4, 0.5) is 4.79 Å². The van der Waals surface area contributed by atoms with Crippen LogP contribution in [-0.2, 0) is 11.3 Å². The first-order valence-corrected chi connectivity index (χ1v) is 8.86. The van der Waals surface area contributed by atoms with E-state index >= 15 is 0 Å². The molecule has 122 valence electrons. The Bertz CT molecular complexity index is 493. The highest BCUT2D eigenvalue weighted by molar-refractivity contribution is 7.09. The number of amides is 2. The van der Waals surface area contributed by atoms with Crippen molar-refractivity contribution in [3.63, 3.8) is 0 Å². The summed E-state index contributed by atoms with van der Waals surface area (Å²) in [5.41, 5.74) is 1.01. The van der Waals surface area contributed by atoms with Crippen molar-refractivity contribution in [1.82, 2.24) is 20.1 Å². The largest absolute Gasteiger partial charge is 0.377 e. The van der Waals surface area contributed by atoms with Crippen LogP contribution < -0.4 is 5.32 Å². The van der Waals surface area contributed by atoms with Crippen molar-refractivity contribution < 1.29 is 9.53 Å². The van der Waals surface area contributed by atoms with Gasteiger partial charge in [0.25, 0.3) is 0 Å². The van der Waals surface area contributed by atoms with Gasteiger partial charge < -0.3 is 15.0 Å². The zero-order valence-electron chi connectivity index (χ0n) is 13.1. The van der Waals surface area contributed by atoms with Crippen molar-refractivity contribution in [2.24, 2.45) is 0 Å². The average molecular weight is 324 g/mol. The molecule has 2 fully saturated rings. The zero-order valence-corrected chi connectivity index (χ0v) is 13.9. The number of piperazine rings is 1. The van der Waals surface area contributed by atoms with Crippen molar-refractivity contribution >= 4 is 17.4 Å². The van der Waals surface area contributed by atoms with Gasteiger partial charge in [-0.15, -0.1) is 11.3 Å². The molecular weight excluding hydrogens is 300 g/mol. The molecule has 0 bridgehead atoms. The lowest BCUT2D eigenvalue weighted by atomic mass is 10.2. The lowest BCUT2D eigenvalue weighted by Crippen LogP contribution is -2.52. The second-order valence-corrected chi connectivity index (χ2v) is 6.91. The number of urea groups is 1. The summed E-state index contributed by atoms with van der Waals surface area (Å²) in [5.74, 6) is 0. The molecule has 2 saturated heterocycles. The summed E-state index contributed by atoms with van der Waals surface area (Å²) in [4.78, 5) is 20.8. The molecule has 2 amide bonds. The van der Waals surface area contributed by atoms with Gasteiger partial charge in [-0.25, -0.2) is 9.78 Å². The van der Waals surface area contributed by atoms with Gasteiger partial charge >= 0.3 is 6.03 Å². The highest BCUT2D eigenvalue weighted by Crippen LogP contribution is 2.14. The van der Waals surface area contributed by atoms with Crippen molar-refractivity contribution in [1.29, 1.82) is 0 Å². The minimum atomic E-state index is 0.0182. The Morgan fingerprint density at radius 3 is 2.91 bits per heavy atom. The third kappa shape index (κ3) is 4.18. The SMILES string of the molecule is Cc1csc(CNC(=O)N2CCN(CC3CCCO3)CC2)n1. The first-order valence-electron chi connectivity index (χ1n) is 7.98. The molecule has 1 N–H and O–H groups in total. The molecule has 7 heteroatoms. The number of thiazole rings is 1. The Kier molecular flexibility index (Phi) is 5.28. The number of rotatable bonds is 4. The van der Waals surface area contributed by atoms with Gasteiger partial charge in [0.05, 0.1) is 12.6 Å². The molecule has 2 aliphatic rings. The van der Waals surface area contributed by atoms with Gasteiger partial charge in [0, 0.05) is 50.4 Å². The van der Waals surface area contributed by atoms with Crippen LogP contribution in [0, 0.1) is 6.92 Å². The van der Waals surface area contributed by atoms with E-state index in [1.807, 2.05) is 17.2 Å². The summed E-state index contributed by atoms with van der Waals surface area (Å²) in [6, 6.07) is 0.0182. The second-order valence-electron chi connectivity index (χ2n) is 5.96. The maximum atomic E-state index is 12.2. The topological polar surface area (TPSA) is 57.7 Å². The zero-order chi connectivity index (χ0) is 15.4. The van der Waals surface area contributed by atoms with Gasteiger partial charge in [0.1, 0.15) is 5.01 Å². The Morgan fingerprint density at radius 2 is 2.27 bits per heavy atom. The van der Waals surface area contributed by atoms with E-state index in [1.54, 1.807) is 11.3 Å². The predicted molar refractivity (Wildman–Crippen MR) is 86.1 cm³/mol. The smallest absolute Gasteiger partial charge is 0.317 e. The van der Waals surface area contributed by atoms with Gasteiger partial charge in [-0.2, -0.15) is 0 Å². The molecule has 3 rings (SSSR count). The van der Waals surface area contributed by atoms with Crippen molar-refractivity contribution in [2.75, 3.05) is 39.3 Å². The number of aryl methyl sites for hydroxylation is 1. The maximum Gasteiger partial charge on any atom is 0.317 e. The molecule has 0 aromatic carbocycles. The normalized spacial score (nSPS) is 23.0. The Morgan fingerprint density at radius 1 is 1.45 bits per heavy atom. The van der Waals surface area contributed by atoms with Crippen LogP contribution >= 0.6 is 11.3 Å². The van der Waals surface area contributed by atoms with Gasteiger partial charge in [-0.1, -0.05) is 0 Å². The molecule has 0 saturated carbocycles. The summed E-state index contributed by atoms with van der Waals surface area (Å²) in [5, 5.41) is 5.93. The monoisotopic (exact) mass is 324 g/mol. The molecule has 1 aromatic heterocycles. The third-order valence-corrected chi connectivity index (χ3v) is 5.17. The van der Waals surface area contributed by atoms with E-state index in [0.29, 0.717) is 12.6 Å². The average Bonchev–Trinajstić information content (AvgIpc) is 3.17. The molecule has 3 heterocycles. The number of hydrogen-bond acceptors (Lipinski definition) is 5. The van der Waals surface area contributed by atoms with Crippen LogP contribution in [0.2, 0.25) is 0 Å². The van der Waals surface area contributed by atoms with E-state index in [2.05, 4.69) is 15.2 Å². The lowest BCUT2D eigenvalue weighted by Gasteiger charge is -2.35. The van der Waals surface area contributed by atoms with E-state index in [0.717, 1.165) is 50.0 Å². The Labute approximate surface area is 135 Å².